The minimum Gasteiger partial charge on any atom is -0.345 e. The highest BCUT2D eigenvalue weighted by atomic mass is 16.2. The highest BCUT2D eigenvalue weighted by Gasteiger charge is 2.52. The minimum atomic E-state index is 0.209. The van der Waals surface area contributed by atoms with E-state index in [0.29, 0.717) is 11.3 Å². The van der Waals surface area contributed by atoms with Gasteiger partial charge in [0.1, 0.15) is 0 Å². The quantitative estimate of drug-likeness (QED) is 0.624. The fraction of sp³-hybridized carbons (Fsp3) is 0.750. The van der Waals surface area contributed by atoms with Gasteiger partial charge in [-0.1, -0.05) is 19.9 Å². The standard InChI is InChI=1S/C12H19NO/c1-12(2)8-5-6-9(10(12)7-8)11(14)13(3)4/h6,8,10H,5,7H2,1-4H3. The van der Waals surface area contributed by atoms with Gasteiger partial charge in [0, 0.05) is 19.7 Å². The van der Waals surface area contributed by atoms with Gasteiger partial charge in [0.15, 0.2) is 0 Å². The topological polar surface area (TPSA) is 20.3 Å². The summed E-state index contributed by atoms with van der Waals surface area (Å²) in [7, 11) is 3.67. The summed E-state index contributed by atoms with van der Waals surface area (Å²) in [6.45, 7) is 4.59. The second kappa shape index (κ2) is 2.85. The zero-order valence-electron chi connectivity index (χ0n) is 9.50. The molecule has 0 aliphatic heterocycles. The van der Waals surface area contributed by atoms with Gasteiger partial charge in [-0.15, -0.1) is 0 Å². The molecule has 0 aromatic rings. The second-order valence-corrected chi connectivity index (χ2v) is 5.40. The van der Waals surface area contributed by atoms with Crippen LogP contribution in [0.4, 0.5) is 0 Å². The normalized spacial score (nSPS) is 33.0. The summed E-state index contributed by atoms with van der Waals surface area (Å²) < 4.78 is 0. The summed E-state index contributed by atoms with van der Waals surface area (Å²) in [5.41, 5.74) is 1.41. The molecular weight excluding hydrogens is 174 g/mol. The number of allylic oxidation sites excluding steroid dienone is 1. The molecule has 0 saturated heterocycles. The first kappa shape index (κ1) is 9.75. The number of carbonyl (C=O) groups is 1. The molecule has 2 bridgehead atoms. The van der Waals surface area contributed by atoms with Crippen molar-refractivity contribution in [2.45, 2.75) is 26.7 Å². The molecule has 0 radical (unpaired) electrons. The Bertz CT molecular complexity index is 301. The number of amides is 1. The molecular formula is C12H19NO. The van der Waals surface area contributed by atoms with Crippen LogP contribution in [0.2, 0.25) is 0 Å². The summed E-state index contributed by atoms with van der Waals surface area (Å²) in [4.78, 5) is 13.6. The Hall–Kier alpha value is -0.790. The van der Waals surface area contributed by atoms with E-state index in [2.05, 4.69) is 19.9 Å². The predicted molar refractivity (Wildman–Crippen MR) is 56.8 cm³/mol. The Labute approximate surface area is 86.0 Å². The largest absolute Gasteiger partial charge is 0.345 e. The lowest BCUT2D eigenvalue weighted by Gasteiger charge is -2.56. The van der Waals surface area contributed by atoms with Crippen LogP contribution in [0.1, 0.15) is 26.7 Å². The van der Waals surface area contributed by atoms with Crippen LogP contribution >= 0.6 is 0 Å². The van der Waals surface area contributed by atoms with Gasteiger partial charge >= 0.3 is 0 Å². The van der Waals surface area contributed by atoms with Gasteiger partial charge < -0.3 is 4.90 Å². The maximum absolute atomic E-state index is 11.9. The maximum atomic E-state index is 11.9. The van der Waals surface area contributed by atoms with Gasteiger partial charge in [-0.3, -0.25) is 4.79 Å². The minimum absolute atomic E-state index is 0.209. The Morgan fingerprint density at radius 3 is 2.57 bits per heavy atom. The average Bonchev–Trinajstić information content (AvgIpc) is 2.16. The highest BCUT2D eigenvalue weighted by Crippen LogP contribution is 2.59. The lowest BCUT2D eigenvalue weighted by molar-refractivity contribution is -0.128. The monoisotopic (exact) mass is 193 g/mol. The molecule has 3 aliphatic carbocycles. The van der Waals surface area contributed by atoms with Gasteiger partial charge in [-0.25, -0.2) is 0 Å². The van der Waals surface area contributed by atoms with E-state index in [1.165, 1.54) is 6.42 Å². The lowest BCUT2D eigenvalue weighted by atomic mass is 9.49. The molecule has 2 nitrogen and oxygen atoms in total. The third kappa shape index (κ3) is 1.13. The Kier molecular flexibility index (Phi) is 1.98. The smallest absolute Gasteiger partial charge is 0.249 e. The van der Waals surface area contributed by atoms with Crippen LogP contribution in [0.25, 0.3) is 0 Å². The molecule has 1 amide bonds. The van der Waals surface area contributed by atoms with Crippen LogP contribution in [0.15, 0.2) is 11.6 Å². The summed E-state index contributed by atoms with van der Waals surface area (Å²) in [6, 6.07) is 0. The van der Waals surface area contributed by atoms with Gasteiger partial charge in [0.05, 0.1) is 0 Å². The number of hydrogen-bond acceptors (Lipinski definition) is 1. The van der Waals surface area contributed by atoms with Gasteiger partial charge in [0.2, 0.25) is 5.91 Å². The van der Waals surface area contributed by atoms with Crippen molar-refractivity contribution in [2.24, 2.45) is 17.3 Å². The van der Waals surface area contributed by atoms with E-state index in [0.717, 1.165) is 17.9 Å². The van der Waals surface area contributed by atoms with Crippen LogP contribution in [0, 0.1) is 17.3 Å². The third-order valence-electron chi connectivity index (χ3n) is 4.12. The molecule has 3 aliphatic rings. The first-order valence-electron chi connectivity index (χ1n) is 5.36. The van der Waals surface area contributed by atoms with E-state index < -0.39 is 0 Å². The SMILES string of the molecule is CN(C)C(=O)C1=CCC2CC1C2(C)C. The van der Waals surface area contributed by atoms with Crippen molar-refractivity contribution in [3.63, 3.8) is 0 Å². The summed E-state index contributed by atoms with van der Waals surface area (Å²) in [5, 5.41) is 0. The molecule has 2 atom stereocenters. The zero-order valence-corrected chi connectivity index (χ0v) is 9.50. The van der Waals surface area contributed by atoms with Crippen LogP contribution in [0.5, 0.6) is 0 Å². The number of rotatable bonds is 1. The van der Waals surface area contributed by atoms with Gasteiger partial charge in [0.25, 0.3) is 0 Å². The summed E-state index contributed by atoms with van der Waals surface area (Å²) >= 11 is 0. The molecule has 78 valence electrons. The lowest BCUT2D eigenvalue weighted by Crippen LogP contribution is -2.50. The Balaban J connectivity index is 2.23. The summed E-state index contributed by atoms with van der Waals surface area (Å²) in [6.07, 6.45) is 4.48. The van der Waals surface area contributed by atoms with Crippen molar-refractivity contribution in [2.75, 3.05) is 14.1 Å². The van der Waals surface area contributed by atoms with E-state index in [4.69, 9.17) is 0 Å². The van der Waals surface area contributed by atoms with Crippen LogP contribution in [-0.2, 0) is 4.79 Å². The van der Waals surface area contributed by atoms with E-state index >= 15 is 0 Å². The number of carbonyl (C=O) groups excluding carboxylic acids is 1. The molecule has 0 aromatic carbocycles. The number of hydrogen-bond donors (Lipinski definition) is 0. The average molecular weight is 193 g/mol. The molecule has 0 N–H and O–H groups in total. The molecule has 2 heteroatoms. The van der Waals surface area contributed by atoms with Crippen molar-refractivity contribution in [3.05, 3.63) is 11.6 Å². The number of fused-ring (bicyclic) bond motifs is 1. The van der Waals surface area contributed by atoms with Gasteiger partial charge in [-0.2, -0.15) is 0 Å². The zero-order chi connectivity index (χ0) is 10.5. The van der Waals surface area contributed by atoms with Crippen LogP contribution in [-0.4, -0.2) is 24.9 Å². The third-order valence-corrected chi connectivity index (χ3v) is 4.12. The molecule has 0 spiro atoms. The fourth-order valence-electron chi connectivity index (χ4n) is 2.85. The van der Waals surface area contributed by atoms with Crippen molar-refractivity contribution in [3.8, 4) is 0 Å². The van der Waals surface area contributed by atoms with Crippen LogP contribution < -0.4 is 0 Å². The Morgan fingerprint density at radius 2 is 2.14 bits per heavy atom. The maximum Gasteiger partial charge on any atom is 0.249 e. The fourth-order valence-corrected chi connectivity index (χ4v) is 2.85. The molecule has 14 heavy (non-hydrogen) atoms. The van der Waals surface area contributed by atoms with Crippen molar-refractivity contribution in [1.82, 2.24) is 4.90 Å². The van der Waals surface area contributed by atoms with E-state index in [9.17, 15) is 4.79 Å². The predicted octanol–water partition coefficient (Wildman–Crippen LogP) is 2.07. The Morgan fingerprint density at radius 1 is 1.50 bits per heavy atom. The molecule has 1 fully saturated rings. The van der Waals surface area contributed by atoms with Gasteiger partial charge in [-0.05, 0) is 30.1 Å². The number of nitrogens with zero attached hydrogens (tertiary/aromatic N) is 1. The molecule has 3 rings (SSSR count). The van der Waals surface area contributed by atoms with E-state index in [1.54, 1.807) is 4.90 Å². The van der Waals surface area contributed by atoms with Crippen molar-refractivity contribution < 1.29 is 4.79 Å². The van der Waals surface area contributed by atoms with Crippen LogP contribution in [0.3, 0.4) is 0 Å². The first-order chi connectivity index (χ1) is 6.44. The molecule has 2 unspecified atom stereocenters. The first-order valence-corrected chi connectivity index (χ1v) is 5.36. The molecule has 1 saturated carbocycles. The summed E-state index contributed by atoms with van der Waals surface area (Å²) in [5.74, 6) is 1.53. The van der Waals surface area contributed by atoms with E-state index in [-0.39, 0.29) is 5.91 Å². The highest BCUT2D eigenvalue weighted by molar-refractivity contribution is 5.94. The van der Waals surface area contributed by atoms with E-state index in [1.807, 2.05) is 14.1 Å². The molecule has 0 heterocycles. The van der Waals surface area contributed by atoms with Crippen molar-refractivity contribution in [1.29, 1.82) is 0 Å². The molecule has 0 aromatic heterocycles. The second-order valence-electron chi connectivity index (χ2n) is 5.40. The van der Waals surface area contributed by atoms with Crippen molar-refractivity contribution >= 4 is 5.91 Å². The number of likely N-dealkylation sites (N-methyl/N-ethyl adjacent to an activating group) is 1.